The van der Waals surface area contributed by atoms with E-state index in [4.69, 9.17) is 0 Å². The Morgan fingerprint density at radius 3 is 2.45 bits per heavy atom. The predicted octanol–water partition coefficient (Wildman–Crippen LogP) is 1.53. The number of hydrogen-bond donors (Lipinski definition) is 2. The van der Waals surface area contributed by atoms with Crippen LogP contribution in [0.2, 0.25) is 0 Å². The van der Waals surface area contributed by atoms with Gasteiger partial charge in [0.25, 0.3) is 5.91 Å². The molecule has 1 aromatic carbocycles. The highest BCUT2D eigenvalue weighted by molar-refractivity contribution is 7.17. The Hall–Kier alpha value is -2.28. The molecule has 2 aromatic rings. The van der Waals surface area contributed by atoms with Crippen molar-refractivity contribution in [2.45, 2.75) is 0 Å². The number of anilines is 2. The van der Waals surface area contributed by atoms with Crippen LogP contribution in [0.5, 0.6) is 5.75 Å². The normalized spacial score (nSPS) is 15.0. The Labute approximate surface area is 133 Å². The van der Waals surface area contributed by atoms with Crippen LogP contribution in [0.4, 0.5) is 10.8 Å². The van der Waals surface area contributed by atoms with Gasteiger partial charge in [0.2, 0.25) is 0 Å². The third kappa shape index (κ3) is 2.99. The predicted molar refractivity (Wildman–Crippen MR) is 88.0 cm³/mol. The molecule has 0 spiro atoms. The number of piperazine rings is 1. The molecule has 1 aliphatic heterocycles. The van der Waals surface area contributed by atoms with Crippen LogP contribution < -0.4 is 15.1 Å². The topological polar surface area (TPSA) is 68.7 Å². The van der Waals surface area contributed by atoms with Gasteiger partial charge in [-0.25, -0.2) is 4.98 Å². The quantitative estimate of drug-likeness (QED) is 0.898. The molecule has 1 saturated heterocycles. The van der Waals surface area contributed by atoms with Crippen LogP contribution in [0.1, 0.15) is 9.67 Å². The molecule has 2 heterocycles. The molecule has 116 valence electrons. The number of nitrogens with zero attached hydrogens (tertiary/aromatic N) is 3. The van der Waals surface area contributed by atoms with Crippen molar-refractivity contribution in [2.24, 2.45) is 0 Å². The number of phenols is 1. The molecule has 0 radical (unpaired) electrons. The number of hydrogen-bond acceptors (Lipinski definition) is 6. The van der Waals surface area contributed by atoms with Gasteiger partial charge >= 0.3 is 0 Å². The molecule has 1 aliphatic rings. The molecule has 2 N–H and O–H groups in total. The number of thiazole rings is 1. The molecular weight excluding hydrogens is 300 g/mol. The second-order valence-electron chi connectivity index (χ2n) is 5.08. The summed E-state index contributed by atoms with van der Waals surface area (Å²) >= 11 is 1.42. The lowest BCUT2D eigenvalue weighted by Crippen LogP contribution is -2.46. The molecule has 0 unspecified atom stereocenters. The average molecular weight is 318 g/mol. The summed E-state index contributed by atoms with van der Waals surface area (Å²) in [5.41, 5.74) is 1.11. The van der Waals surface area contributed by atoms with Gasteiger partial charge in [0.15, 0.2) is 5.13 Å². The maximum Gasteiger partial charge on any atom is 0.262 e. The molecule has 1 amide bonds. The highest BCUT2D eigenvalue weighted by atomic mass is 32.1. The van der Waals surface area contributed by atoms with Gasteiger partial charge in [-0.1, -0.05) is 11.3 Å². The van der Waals surface area contributed by atoms with Crippen molar-refractivity contribution < 1.29 is 9.90 Å². The molecule has 1 aromatic heterocycles. The zero-order valence-electron chi connectivity index (χ0n) is 12.3. The van der Waals surface area contributed by atoms with Crippen LogP contribution in [0, 0.1) is 0 Å². The molecule has 3 rings (SSSR count). The highest BCUT2D eigenvalue weighted by Crippen LogP contribution is 2.25. The Morgan fingerprint density at radius 2 is 1.82 bits per heavy atom. The Morgan fingerprint density at radius 1 is 1.18 bits per heavy atom. The van der Waals surface area contributed by atoms with Crippen LogP contribution in [-0.4, -0.2) is 49.2 Å². The Kier molecular flexibility index (Phi) is 4.15. The largest absolute Gasteiger partial charge is 0.508 e. The fraction of sp³-hybridized carbons (Fsp3) is 0.333. The van der Waals surface area contributed by atoms with E-state index in [1.165, 1.54) is 11.3 Å². The van der Waals surface area contributed by atoms with Gasteiger partial charge in [0.1, 0.15) is 10.6 Å². The number of carbonyl (C=O) groups is 1. The SMILES string of the molecule is CNC(=O)c1cnc(N2CCN(c3ccc(O)cc3)CC2)s1. The highest BCUT2D eigenvalue weighted by Gasteiger charge is 2.20. The molecule has 0 bridgehead atoms. The summed E-state index contributed by atoms with van der Waals surface area (Å²) in [7, 11) is 1.62. The van der Waals surface area contributed by atoms with E-state index in [-0.39, 0.29) is 11.7 Å². The molecule has 7 heteroatoms. The minimum absolute atomic E-state index is 0.0912. The number of nitrogens with one attached hydrogen (secondary N) is 1. The molecule has 22 heavy (non-hydrogen) atoms. The van der Waals surface area contributed by atoms with Gasteiger partial charge < -0.3 is 20.2 Å². The maximum atomic E-state index is 11.6. The van der Waals surface area contributed by atoms with Crippen LogP contribution in [0.15, 0.2) is 30.5 Å². The Bertz CT molecular complexity index is 648. The van der Waals surface area contributed by atoms with Crippen molar-refractivity contribution in [3.63, 3.8) is 0 Å². The number of rotatable bonds is 3. The van der Waals surface area contributed by atoms with Crippen molar-refractivity contribution >= 4 is 28.1 Å². The number of carbonyl (C=O) groups excluding carboxylic acids is 1. The number of aromatic nitrogens is 1. The average Bonchev–Trinajstić information content (AvgIpc) is 3.05. The molecule has 1 fully saturated rings. The first-order valence-corrected chi connectivity index (χ1v) is 7.96. The summed E-state index contributed by atoms with van der Waals surface area (Å²) in [6, 6.07) is 7.27. The van der Waals surface area contributed by atoms with Gasteiger partial charge in [-0.3, -0.25) is 4.79 Å². The van der Waals surface area contributed by atoms with E-state index >= 15 is 0 Å². The standard InChI is InChI=1S/C15H18N4O2S/c1-16-14(21)13-10-17-15(22-13)19-8-6-18(7-9-19)11-2-4-12(20)5-3-11/h2-5,10,20H,6-9H2,1H3,(H,16,21). The number of aromatic hydroxyl groups is 1. The van der Waals surface area contributed by atoms with Crippen LogP contribution in [0.25, 0.3) is 0 Å². The summed E-state index contributed by atoms with van der Waals surface area (Å²) in [4.78, 5) is 21.1. The minimum atomic E-state index is -0.0912. The summed E-state index contributed by atoms with van der Waals surface area (Å²) in [5, 5.41) is 12.9. The maximum absolute atomic E-state index is 11.6. The molecule has 6 nitrogen and oxygen atoms in total. The molecular formula is C15H18N4O2S. The smallest absolute Gasteiger partial charge is 0.262 e. The summed E-state index contributed by atoms with van der Waals surface area (Å²) < 4.78 is 0. The minimum Gasteiger partial charge on any atom is -0.508 e. The van der Waals surface area contributed by atoms with Gasteiger partial charge in [-0.2, -0.15) is 0 Å². The van der Waals surface area contributed by atoms with E-state index in [1.807, 2.05) is 12.1 Å². The zero-order chi connectivity index (χ0) is 15.5. The third-order valence-electron chi connectivity index (χ3n) is 3.71. The molecule has 0 aliphatic carbocycles. The van der Waals surface area contributed by atoms with E-state index < -0.39 is 0 Å². The first-order chi connectivity index (χ1) is 10.7. The van der Waals surface area contributed by atoms with Crippen molar-refractivity contribution in [3.8, 4) is 5.75 Å². The van der Waals surface area contributed by atoms with Crippen LogP contribution >= 0.6 is 11.3 Å². The van der Waals surface area contributed by atoms with E-state index in [2.05, 4.69) is 20.1 Å². The summed E-state index contributed by atoms with van der Waals surface area (Å²) in [6.45, 7) is 3.50. The second-order valence-corrected chi connectivity index (χ2v) is 6.09. The lowest BCUT2D eigenvalue weighted by atomic mass is 10.2. The van der Waals surface area contributed by atoms with Gasteiger partial charge in [-0.05, 0) is 24.3 Å². The van der Waals surface area contributed by atoms with Gasteiger partial charge in [0.05, 0.1) is 6.20 Å². The molecule has 0 saturated carbocycles. The van der Waals surface area contributed by atoms with E-state index in [0.29, 0.717) is 4.88 Å². The fourth-order valence-corrected chi connectivity index (χ4v) is 3.37. The van der Waals surface area contributed by atoms with E-state index in [1.54, 1.807) is 25.4 Å². The lowest BCUT2D eigenvalue weighted by molar-refractivity contribution is 0.0967. The first kappa shape index (κ1) is 14.6. The third-order valence-corrected chi connectivity index (χ3v) is 4.77. The number of amides is 1. The lowest BCUT2D eigenvalue weighted by Gasteiger charge is -2.36. The van der Waals surface area contributed by atoms with Gasteiger partial charge in [-0.15, -0.1) is 0 Å². The van der Waals surface area contributed by atoms with E-state index in [0.717, 1.165) is 37.0 Å². The van der Waals surface area contributed by atoms with Crippen molar-refractivity contribution in [3.05, 3.63) is 35.3 Å². The number of benzene rings is 1. The molecule has 0 atom stereocenters. The number of phenolic OH excluding ortho intramolecular Hbond substituents is 1. The van der Waals surface area contributed by atoms with Crippen molar-refractivity contribution in [2.75, 3.05) is 43.0 Å². The summed E-state index contributed by atoms with van der Waals surface area (Å²) in [5.74, 6) is 0.193. The summed E-state index contributed by atoms with van der Waals surface area (Å²) in [6.07, 6.45) is 1.63. The van der Waals surface area contributed by atoms with Gasteiger partial charge in [0, 0.05) is 38.9 Å². The monoisotopic (exact) mass is 318 g/mol. The van der Waals surface area contributed by atoms with E-state index in [9.17, 15) is 9.90 Å². The fourth-order valence-electron chi connectivity index (χ4n) is 2.46. The van der Waals surface area contributed by atoms with Crippen LogP contribution in [-0.2, 0) is 0 Å². The van der Waals surface area contributed by atoms with Crippen molar-refractivity contribution in [1.82, 2.24) is 10.3 Å². The van der Waals surface area contributed by atoms with Crippen LogP contribution in [0.3, 0.4) is 0 Å². The first-order valence-electron chi connectivity index (χ1n) is 7.14. The Balaban J connectivity index is 1.63. The second kappa shape index (κ2) is 6.23. The zero-order valence-corrected chi connectivity index (χ0v) is 13.1. The van der Waals surface area contributed by atoms with Crippen molar-refractivity contribution in [1.29, 1.82) is 0 Å².